The van der Waals surface area contributed by atoms with Gasteiger partial charge in [-0.05, 0) is 113 Å². The van der Waals surface area contributed by atoms with Crippen LogP contribution in [0, 0.1) is 11.8 Å². The molecule has 1 amide bonds. The SMILES string of the molecule is CN(CCCC(=O)OC(C)(C)C)C(=O)[C@H]1CCc2c(sc3ncnc(Nc4ccn5nccc5c4)c23)C1.O=C(O)[C@H]1CCc2c(sc3ncnc(Nc4ccn5nccc5c4)c23)C1. The van der Waals surface area contributed by atoms with E-state index in [0.717, 1.165) is 78.6 Å². The van der Waals surface area contributed by atoms with Gasteiger partial charge in [0.1, 0.15) is 39.6 Å². The molecule has 2 aliphatic carbocycles. The zero-order valence-electron chi connectivity index (χ0n) is 35.4. The van der Waals surface area contributed by atoms with E-state index in [1.54, 1.807) is 57.1 Å². The summed E-state index contributed by atoms with van der Waals surface area (Å²) < 4.78 is 8.99. The van der Waals surface area contributed by atoms with E-state index in [1.807, 2.05) is 81.1 Å². The second-order valence-corrected chi connectivity index (χ2v) is 19.1. The van der Waals surface area contributed by atoms with Gasteiger partial charge in [0.15, 0.2) is 0 Å². The Bertz CT molecular complexity index is 3000. The number of anilines is 4. The topological polar surface area (TPSA) is 194 Å². The van der Waals surface area contributed by atoms with Crippen LogP contribution in [0.4, 0.5) is 23.0 Å². The lowest BCUT2D eigenvalue weighted by Gasteiger charge is -2.27. The Balaban J connectivity index is 0.000000170. The summed E-state index contributed by atoms with van der Waals surface area (Å²) in [7, 11) is 1.82. The average molecular weight is 886 g/mol. The van der Waals surface area contributed by atoms with Gasteiger partial charge in [-0.3, -0.25) is 14.4 Å². The van der Waals surface area contributed by atoms with Gasteiger partial charge in [-0.2, -0.15) is 10.2 Å². The average Bonchev–Trinajstić information content (AvgIpc) is 4.07. The summed E-state index contributed by atoms with van der Waals surface area (Å²) in [5, 5.41) is 26.7. The predicted octanol–water partition coefficient (Wildman–Crippen LogP) is 8.04. The lowest BCUT2D eigenvalue weighted by molar-refractivity contribution is -0.155. The van der Waals surface area contributed by atoms with Crippen molar-refractivity contribution < 1.29 is 24.2 Å². The third-order valence-corrected chi connectivity index (χ3v) is 13.7. The molecule has 8 heterocycles. The van der Waals surface area contributed by atoms with E-state index < -0.39 is 11.6 Å². The van der Waals surface area contributed by atoms with Crippen LogP contribution in [0.1, 0.15) is 67.3 Å². The molecular formula is C45H47N11O5S2. The van der Waals surface area contributed by atoms with Crippen molar-refractivity contribution in [2.45, 2.75) is 77.7 Å². The van der Waals surface area contributed by atoms with Crippen LogP contribution in [0.2, 0.25) is 0 Å². The molecule has 0 fully saturated rings. The molecule has 0 aromatic carbocycles. The van der Waals surface area contributed by atoms with Crippen molar-refractivity contribution in [3.8, 4) is 0 Å². The third-order valence-electron chi connectivity index (χ3n) is 11.4. The Hall–Kier alpha value is -6.53. The number of carboxylic acid groups (broad SMARTS) is 1. The molecule has 8 aromatic rings. The van der Waals surface area contributed by atoms with Crippen LogP contribution in [0.5, 0.6) is 0 Å². The van der Waals surface area contributed by atoms with Gasteiger partial charge >= 0.3 is 11.9 Å². The number of aromatic nitrogens is 8. The molecule has 2 aliphatic rings. The number of thiophene rings is 2. The molecule has 8 aromatic heterocycles. The van der Waals surface area contributed by atoms with Crippen molar-refractivity contribution in [3.63, 3.8) is 0 Å². The first-order valence-electron chi connectivity index (χ1n) is 21.0. The predicted molar refractivity (Wildman–Crippen MR) is 243 cm³/mol. The number of esters is 1. The molecule has 0 spiro atoms. The smallest absolute Gasteiger partial charge is 0.306 e. The molecule has 10 rings (SSSR count). The van der Waals surface area contributed by atoms with Gasteiger partial charge in [-0.25, -0.2) is 29.0 Å². The summed E-state index contributed by atoms with van der Waals surface area (Å²) >= 11 is 3.23. The highest BCUT2D eigenvalue weighted by molar-refractivity contribution is 7.19. The van der Waals surface area contributed by atoms with Crippen molar-refractivity contribution >= 4 is 95.0 Å². The summed E-state index contributed by atoms with van der Waals surface area (Å²) in [6.45, 7) is 6.11. The van der Waals surface area contributed by atoms with E-state index in [1.165, 1.54) is 16.0 Å². The molecule has 16 nitrogen and oxygen atoms in total. The van der Waals surface area contributed by atoms with E-state index in [-0.39, 0.29) is 23.7 Å². The van der Waals surface area contributed by atoms with Gasteiger partial charge in [-0.15, -0.1) is 22.7 Å². The Morgan fingerprint density at radius 2 is 1.32 bits per heavy atom. The zero-order valence-corrected chi connectivity index (χ0v) is 37.0. The number of fused-ring (bicyclic) bond motifs is 8. The van der Waals surface area contributed by atoms with Gasteiger partial charge in [-0.1, -0.05) is 0 Å². The Labute approximate surface area is 370 Å². The van der Waals surface area contributed by atoms with Gasteiger partial charge in [0.2, 0.25) is 5.91 Å². The van der Waals surface area contributed by atoms with Crippen molar-refractivity contribution in [1.29, 1.82) is 0 Å². The lowest BCUT2D eigenvalue weighted by Crippen LogP contribution is -2.36. The minimum Gasteiger partial charge on any atom is -0.481 e. The molecule has 2 atom stereocenters. The highest BCUT2D eigenvalue weighted by atomic mass is 32.1. The number of aryl methyl sites for hydroxylation is 2. The quantitative estimate of drug-likeness (QED) is 0.112. The molecule has 0 bridgehead atoms. The summed E-state index contributed by atoms with van der Waals surface area (Å²) in [5.74, 6) is 0.375. The van der Waals surface area contributed by atoms with Crippen LogP contribution >= 0.6 is 22.7 Å². The van der Waals surface area contributed by atoms with Crippen molar-refractivity contribution in [2.24, 2.45) is 11.8 Å². The van der Waals surface area contributed by atoms with Gasteiger partial charge < -0.3 is 25.4 Å². The van der Waals surface area contributed by atoms with Crippen LogP contribution in [-0.2, 0) is 44.8 Å². The summed E-state index contributed by atoms with van der Waals surface area (Å²) in [6, 6.07) is 11.9. The normalized spacial score (nSPS) is 16.0. The second kappa shape index (κ2) is 17.3. The zero-order chi connectivity index (χ0) is 43.8. The fourth-order valence-corrected chi connectivity index (χ4v) is 10.9. The Morgan fingerprint density at radius 1 is 0.794 bits per heavy atom. The molecule has 324 valence electrons. The molecule has 0 aliphatic heterocycles. The van der Waals surface area contributed by atoms with E-state index in [2.05, 4.69) is 40.8 Å². The fraction of sp³-hybridized carbons (Fsp3) is 0.356. The monoisotopic (exact) mass is 885 g/mol. The molecule has 18 heteroatoms. The third kappa shape index (κ3) is 9.04. The Kier molecular flexibility index (Phi) is 11.5. The van der Waals surface area contributed by atoms with Gasteiger partial charge in [0, 0.05) is 71.8 Å². The number of hydrogen-bond donors (Lipinski definition) is 3. The summed E-state index contributed by atoms with van der Waals surface area (Å²) in [4.78, 5) is 60.4. The van der Waals surface area contributed by atoms with Gasteiger partial charge in [0.05, 0.1) is 27.7 Å². The molecular weight excluding hydrogens is 839 g/mol. The number of nitrogens with one attached hydrogen (secondary N) is 2. The van der Waals surface area contributed by atoms with Crippen molar-refractivity contribution in [1.82, 2.24) is 44.1 Å². The number of pyridine rings is 2. The molecule has 3 N–H and O–H groups in total. The van der Waals surface area contributed by atoms with E-state index in [9.17, 15) is 19.5 Å². The first-order valence-corrected chi connectivity index (χ1v) is 22.6. The van der Waals surface area contributed by atoms with Crippen molar-refractivity contribution in [3.05, 3.63) is 94.7 Å². The van der Waals surface area contributed by atoms with E-state index >= 15 is 0 Å². The number of amides is 1. The van der Waals surface area contributed by atoms with E-state index in [0.29, 0.717) is 38.6 Å². The highest BCUT2D eigenvalue weighted by Gasteiger charge is 2.31. The molecule has 0 radical (unpaired) electrons. The van der Waals surface area contributed by atoms with Crippen LogP contribution in [0.15, 0.2) is 73.8 Å². The second-order valence-electron chi connectivity index (χ2n) is 17.0. The maximum Gasteiger partial charge on any atom is 0.306 e. The number of carbonyl (C=O) groups is 3. The first kappa shape index (κ1) is 41.8. The number of aliphatic carboxylic acids is 1. The fourth-order valence-electron chi connectivity index (χ4n) is 8.38. The van der Waals surface area contributed by atoms with Crippen LogP contribution in [0.25, 0.3) is 31.5 Å². The number of rotatable bonds is 10. The number of carboxylic acids is 1. The number of ether oxygens (including phenoxy) is 1. The lowest BCUT2D eigenvalue weighted by atomic mass is 9.87. The number of hydrogen-bond acceptors (Lipinski definition) is 14. The van der Waals surface area contributed by atoms with E-state index in [4.69, 9.17) is 4.74 Å². The maximum atomic E-state index is 13.2. The molecule has 0 unspecified atom stereocenters. The minimum atomic E-state index is -0.716. The Morgan fingerprint density at radius 3 is 1.84 bits per heavy atom. The standard InChI is InChI=1S/C27H32N6O3S.C18H15N5O2S/c1-27(2,3)36-22(34)6-5-12-32(4)26(35)17-7-8-20-21(14-17)37-25-23(20)24(28-16-29-25)31-18-10-13-33-19(15-18)9-11-30-33;24-18(25)10-1-2-13-14(7-10)26-17-15(13)16(19-9-20-17)22-11-4-6-23-12(8-11)3-5-21-23/h9-11,13,15-17H,5-8,12,14H2,1-4H3,(H,28,29,31);3-6,8-10H,1-2,7H2,(H,24,25)(H,19,20,22)/t17-;10-/m00/s1. The maximum absolute atomic E-state index is 13.2. The van der Waals surface area contributed by atoms with Crippen LogP contribution in [0.3, 0.4) is 0 Å². The summed E-state index contributed by atoms with van der Waals surface area (Å²) in [5.41, 5.74) is 5.80. The summed E-state index contributed by atoms with van der Waals surface area (Å²) in [6.07, 6.45) is 15.7. The number of carbonyl (C=O) groups excluding carboxylic acids is 2. The highest BCUT2D eigenvalue weighted by Crippen LogP contribution is 2.42. The molecule has 0 saturated heterocycles. The first-order chi connectivity index (χ1) is 30.4. The molecule has 0 saturated carbocycles. The molecule has 63 heavy (non-hydrogen) atoms. The van der Waals surface area contributed by atoms with Gasteiger partial charge in [0.25, 0.3) is 0 Å². The largest absolute Gasteiger partial charge is 0.481 e. The van der Waals surface area contributed by atoms with Crippen LogP contribution in [-0.4, -0.2) is 86.2 Å². The minimum absolute atomic E-state index is 0.0688. The van der Waals surface area contributed by atoms with Crippen molar-refractivity contribution in [2.75, 3.05) is 24.2 Å². The van der Waals surface area contributed by atoms with Crippen LogP contribution < -0.4 is 10.6 Å². The number of nitrogens with zero attached hydrogens (tertiary/aromatic N) is 9.